The number of nitrogens with zero attached hydrogens (tertiary/aromatic N) is 4. The number of nitrogens with one attached hydrogen (secondary N) is 2. The zero-order valence-electron chi connectivity index (χ0n) is 29.0. The van der Waals surface area contributed by atoms with Gasteiger partial charge in [0.05, 0.1) is 24.1 Å². The molecule has 0 aromatic rings. The van der Waals surface area contributed by atoms with Gasteiger partial charge in [-0.15, -0.1) is 0 Å². The van der Waals surface area contributed by atoms with Gasteiger partial charge in [-0.2, -0.15) is 0 Å². The molecule has 0 aliphatic carbocycles. The number of esters is 1. The summed E-state index contributed by atoms with van der Waals surface area (Å²) in [5.74, 6) is 2.06. The van der Waals surface area contributed by atoms with Gasteiger partial charge in [0.2, 0.25) is 0 Å². The molecule has 0 aromatic carbocycles. The monoisotopic (exact) mass is 625 g/mol. The van der Waals surface area contributed by atoms with Crippen molar-refractivity contribution >= 4 is 17.9 Å². The molecule has 254 valence electrons. The largest absolute Gasteiger partial charge is 0.462 e. The Bertz CT molecular complexity index is 1050. The Balaban J connectivity index is 0.903. The lowest BCUT2D eigenvalue weighted by Crippen LogP contribution is -2.63. The maximum Gasteiger partial charge on any atom is 0.313 e. The maximum atomic E-state index is 13.5. The van der Waals surface area contributed by atoms with Crippen molar-refractivity contribution in [3.63, 3.8) is 0 Å². The van der Waals surface area contributed by atoms with Gasteiger partial charge in [-0.1, -0.05) is 64.7 Å². The molecule has 0 radical (unpaired) electrons. The number of guanidine groups is 2. The minimum absolute atomic E-state index is 0.0275. The van der Waals surface area contributed by atoms with Crippen LogP contribution in [0.3, 0.4) is 0 Å². The summed E-state index contributed by atoms with van der Waals surface area (Å²) < 4.78 is 6.12. The first-order valence-corrected chi connectivity index (χ1v) is 19.4. The van der Waals surface area contributed by atoms with Gasteiger partial charge in [-0.3, -0.25) is 4.79 Å². The Labute approximate surface area is 274 Å². The lowest BCUT2D eigenvalue weighted by Gasteiger charge is -2.47. The summed E-state index contributed by atoms with van der Waals surface area (Å²) in [6, 6.07) is 3.66. The van der Waals surface area contributed by atoms with Crippen LogP contribution in [-0.2, 0) is 9.53 Å². The number of aliphatic imine (C=N–C) groups is 2. The van der Waals surface area contributed by atoms with Crippen LogP contribution >= 0.6 is 0 Å². The second-order valence-corrected chi connectivity index (χ2v) is 15.7. The third kappa shape index (κ3) is 7.77. The van der Waals surface area contributed by atoms with Crippen LogP contribution in [-0.4, -0.2) is 82.1 Å². The number of unbranched alkanes of at least 4 members (excludes halogenated alkanes) is 8. The van der Waals surface area contributed by atoms with Crippen molar-refractivity contribution < 1.29 is 9.53 Å². The van der Waals surface area contributed by atoms with Gasteiger partial charge in [-0.05, 0) is 91.4 Å². The summed E-state index contributed by atoms with van der Waals surface area (Å²) in [6.07, 6.45) is 24.9. The Kier molecular flexibility index (Phi) is 11.2. The van der Waals surface area contributed by atoms with Gasteiger partial charge in [0.1, 0.15) is 0 Å². The van der Waals surface area contributed by atoms with Crippen molar-refractivity contribution in [2.75, 3.05) is 0 Å². The minimum atomic E-state index is -0.154. The minimum Gasteiger partial charge on any atom is -0.462 e. The summed E-state index contributed by atoms with van der Waals surface area (Å²) in [5.41, 5.74) is 0. The molecule has 6 rings (SSSR count). The number of rotatable bonds is 16. The van der Waals surface area contributed by atoms with E-state index in [0.717, 1.165) is 25.2 Å². The number of carbonyl (C=O) groups is 1. The number of hydrogen-bond acceptors (Lipinski definition) is 8. The fourth-order valence-electron chi connectivity index (χ4n) is 9.74. The molecule has 0 amide bonds. The normalized spacial score (nSPS) is 35.5. The van der Waals surface area contributed by atoms with Crippen LogP contribution in [0, 0.1) is 5.92 Å². The van der Waals surface area contributed by atoms with Gasteiger partial charge in [0, 0.05) is 36.3 Å². The maximum absolute atomic E-state index is 13.5. The predicted octanol–water partition coefficient (Wildman–Crippen LogP) is 6.92. The fraction of sp³-hybridized carbons (Fsp3) is 0.919. The lowest BCUT2D eigenvalue weighted by atomic mass is 9.89. The van der Waals surface area contributed by atoms with Crippen LogP contribution < -0.4 is 10.6 Å². The number of ether oxygens (including phenoxy) is 1. The van der Waals surface area contributed by atoms with E-state index in [-0.39, 0.29) is 30.1 Å². The summed E-state index contributed by atoms with van der Waals surface area (Å²) in [4.78, 5) is 28.8. The van der Waals surface area contributed by atoms with Crippen molar-refractivity contribution in [1.82, 2.24) is 20.4 Å². The van der Waals surface area contributed by atoms with E-state index >= 15 is 0 Å². The zero-order valence-corrected chi connectivity index (χ0v) is 29.0. The second kappa shape index (κ2) is 15.3. The predicted molar refractivity (Wildman–Crippen MR) is 184 cm³/mol. The Morgan fingerprint density at radius 1 is 0.800 bits per heavy atom. The van der Waals surface area contributed by atoms with Crippen molar-refractivity contribution in [2.24, 2.45) is 15.9 Å². The highest BCUT2D eigenvalue weighted by atomic mass is 16.5. The van der Waals surface area contributed by atoms with E-state index in [0.29, 0.717) is 36.3 Å². The molecule has 8 nitrogen and oxygen atoms in total. The molecule has 6 aliphatic heterocycles. The average molecular weight is 625 g/mol. The molecule has 8 heteroatoms. The van der Waals surface area contributed by atoms with E-state index < -0.39 is 0 Å². The Morgan fingerprint density at radius 3 is 2.29 bits per heavy atom. The first-order chi connectivity index (χ1) is 21.9. The molecule has 6 aliphatic rings. The van der Waals surface area contributed by atoms with Crippen molar-refractivity contribution in [3.8, 4) is 0 Å². The molecule has 4 saturated heterocycles. The third-order valence-corrected chi connectivity index (χ3v) is 12.0. The molecular formula is C37H64N6O2. The first kappa shape index (κ1) is 32.9. The topological polar surface area (TPSA) is 81.6 Å². The molecule has 6 heterocycles. The molecule has 2 N–H and O–H groups in total. The highest BCUT2D eigenvalue weighted by molar-refractivity contribution is 5.86. The van der Waals surface area contributed by atoms with E-state index in [1.165, 1.54) is 115 Å². The first-order valence-electron chi connectivity index (χ1n) is 19.4. The molecule has 4 fully saturated rings. The highest BCUT2D eigenvalue weighted by Gasteiger charge is 2.51. The van der Waals surface area contributed by atoms with Crippen LogP contribution in [0.1, 0.15) is 156 Å². The van der Waals surface area contributed by atoms with E-state index in [1.54, 1.807) is 0 Å². The van der Waals surface area contributed by atoms with Gasteiger partial charge in [-0.25, -0.2) is 9.98 Å². The standard InChI is InChI=1S/C37H64N6O2/c1-5-6-7-8-9-10-13-16-29-24-32-20-21-33-34(27(4)39-37(41-29)43(32)33)35(44)45-26(3)15-12-11-14-17-28-23-31-19-18-30-22-25(2)38-36(40-28)42(30)31/h25-34H,5-24H2,1-4H3,(H,38,40)(H,39,41)/t25-,26?,27-,28-,29-,30+,31+,32+,33+,34?/m1/s1. The molecule has 0 spiro atoms. The van der Waals surface area contributed by atoms with Gasteiger partial charge < -0.3 is 25.2 Å². The van der Waals surface area contributed by atoms with Gasteiger partial charge in [0.15, 0.2) is 11.9 Å². The SMILES string of the molecule is CCCCCCCCC[C@@H]1C[C@@H]2CC[C@H]3C(C(=O)OC(C)CCCCC[C@@H]4C[C@@H]5CC[C@H]6C[C@@H](C)NC(=N4)N56)[C@@H](C)N=C(N1)N23. The van der Waals surface area contributed by atoms with Gasteiger partial charge >= 0.3 is 5.97 Å². The quantitative estimate of drug-likeness (QED) is 0.143. The van der Waals surface area contributed by atoms with Crippen LogP contribution in [0.2, 0.25) is 0 Å². The molecule has 0 bridgehead atoms. The van der Waals surface area contributed by atoms with Gasteiger partial charge in [0.25, 0.3) is 0 Å². The van der Waals surface area contributed by atoms with Crippen LogP contribution in [0.15, 0.2) is 9.98 Å². The van der Waals surface area contributed by atoms with Crippen molar-refractivity contribution in [1.29, 1.82) is 0 Å². The zero-order chi connectivity index (χ0) is 31.3. The van der Waals surface area contributed by atoms with Crippen LogP contribution in [0.5, 0.6) is 0 Å². The Morgan fingerprint density at radius 2 is 1.47 bits per heavy atom. The van der Waals surface area contributed by atoms with E-state index in [9.17, 15) is 4.79 Å². The van der Waals surface area contributed by atoms with Crippen LogP contribution in [0.4, 0.5) is 0 Å². The second-order valence-electron chi connectivity index (χ2n) is 15.7. The smallest absolute Gasteiger partial charge is 0.313 e. The van der Waals surface area contributed by atoms with Crippen molar-refractivity contribution in [2.45, 2.75) is 211 Å². The van der Waals surface area contributed by atoms with Crippen molar-refractivity contribution in [3.05, 3.63) is 0 Å². The molecule has 45 heavy (non-hydrogen) atoms. The van der Waals surface area contributed by atoms with E-state index in [4.69, 9.17) is 14.7 Å². The molecule has 0 aromatic heterocycles. The molecule has 2 unspecified atom stereocenters. The average Bonchev–Trinajstić information content (AvgIpc) is 3.61. The lowest BCUT2D eigenvalue weighted by molar-refractivity contribution is -0.156. The summed E-state index contributed by atoms with van der Waals surface area (Å²) in [6.45, 7) is 8.79. The molecule has 0 saturated carbocycles. The Hall–Kier alpha value is -1.99. The fourth-order valence-corrected chi connectivity index (χ4v) is 9.74. The summed E-state index contributed by atoms with van der Waals surface area (Å²) in [5, 5.41) is 7.46. The number of hydrogen-bond donors (Lipinski definition) is 2. The van der Waals surface area contributed by atoms with Crippen LogP contribution in [0.25, 0.3) is 0 Å². The molecule has 10 atom stereocenters. The molecular weight excluding hydrogens is 560 g/mol. The van der Waals surface area contributed by atoms with E-state index in [2.05, 4.69) is 48.1 Å². The van der Waals surface area contributed by atoms with E-state index in [1.807, 2.05) is 0 Å². The summed E-state index contributed by atoms with van der Waals surface area (Å²) >= 11 is 0. The third-order valence-electron chi connectivity index (χ3n) is 12.0. The number of carbonyl (C=O) groups excluding carboxylic acids is 1. The summed E-state index contributed by atoms with van der Waals surface area (Å²) in [7, 11) is 0. The highest BCUT2D eigenvalue weighted by Crippen LogP contribution is 2.40.